The van der Waals surface area contributed by atoms with Gasteiger partial charge in [-0.1, -0.05) is 37.3 Å². The van der Waals surface area contributed by atoms with E-state index in [1.807, 2.05) is 37.3 Å². The molecule has 3 nitrogen and oxygen atoms in total. The topological polar surface area (TPSA) is 43.4 Å². The first-order chi connectivity index (χ1) is 13.0. The lowest BCUT2D eigenvalue weighted by atomic mass is 9.98. The van der Waals surface area contributed by atoms with E-state index in [4.69, 9.17) is 4.74 Å². The van der Waals surface area contributed by atoms with Gasteiger partial charge in [-0.2, -0.15) is 0 Å². The van der Waals surface area contributed by atoms with Crippen molar-refractivity contribution in [3.8, 4) is 5.75 Å². The van der Waals surface area contributed by atoms with Crippen LogP contribution in [0.2, 0.25) is 0 Å². The van der Waals surface area contributed by atoms with Crippen molar-refractivity contribution in [2.45, 2.75) is 19.3 Å². The first kappa shape index (κ1) is 18.5. The van der Waals surface area contributed by atoms with Crippen LogP contribution in [0, 0.1) is 5.82 Å². The maximum atomic E-state index is 13.0. The molecule has 3 rings (SSSR count). The number of ether oxygens (including phenoxy) is 1. The van der Waals surface area contributed by atoms with Crippen LogP contribution in [0.4, 0.5) is 4.39 Å². The van der Waals surface area contributed by atoms with Gasteiger partial charge in [-0.15, -0.1) is 0 Å². The molecule has 1 atom stereocenters. The van der Waals surface area contributed by atoms with Gasteiger partial charge in [-0.3, -0.25) is 9.59 Å². The minimum absolute atomic E-state index is 0.0537. The van der Waals surface area contributed by atoms with Gasteiger partial charge < -0.3 is 4.74 Å². The van der Waals surface area contributed by atoms with Gasteiger partial charge >= 0.3 is 5.97 Å². The van der Waals surface area contributed by atoms with Crippen LogP contribution in [0.25, 0.3) is 0 Å². The van der Waals surface area contributed by atoms with Crippen LogP contribution in [0.15, 0.2) is 78.9 Å². The van der Waals surface area contributed by atoms with Crippen molar-refractivity contribution < 1.29 is 18.7 Å². The smallest absolute Gasteiger partial charge is 0.311 e. The second-order valence-electron chi connectivity index (χ2n) is 6.35. The van der Waals surface area contributed by atoms with Crippen LogP contribution in [0.3, 0.4) is 0 Å². The molecule has 0 aromatic heterocycles. The van der Waals surface area contributed by atoms with E-state index in [0.29, 0.717) is 16.9 Å². The lowest BCUT2D eigenvalue weighted by Gasteiger charge is -2.11. The Labute approximate surface area is 157 Å². The molecule has 3 aromatic rings. The van der Waals surface area contributed by atoms with Crippen LogP contribution in [-0.2, 0) is 4.79 Å². The fourth-order valence-corrected chi connectivity index (χ4v) is 2.76. The predicted molar refractivity (Wildman–Crippen MR) is 101 cm³/mol. The quantitative estimate of drug-likeness (QED) is 0.346. The second kappa shape index (κ2) is 8.41. The molecule has 0 aliphatic rings. The molecule has 0 saturated heterocycles. The Morgan fingerprint density at radius 3 is 2.00 bits per heavy atom. The van der Waals surface area contributed by atoms with E-state index in [9.17, 15) is 14.0 Å². The predicted octanol–water partition coefficient (Wildman–Crippen LogP) is 5.16. The summed E-state index contributed by atoms with van der Waals surface area (Å²) in [5.74, 6) is -0.498. The summed E-state index contributed by atoms with van der Waals surface area (Å²) in [5.41, 5.74) is 1.92. The Morgan fingerprint density at radius 1 is 0.852 bits per heavy atom. The number of hydrogen-bond acceptors (Lipinski definition) is 3. The van der Waals surface area contributed by atoms with Crippen LogP contribution < -0.4 is 4.74 Å². The van der Waals surface area contributed by atoms with Crippen LogP contribution in [-0.4, -0.2) is 11.8 Å². The third-order valence-electron chi connectivity index (χ3n) is 4.30. The average molecular weight is 362 g/mol. The highest BCUT2D eigenvalue weighted by atomic mass is 19.1. The largest absolute Gasteiger partial charge is 0.427 e. The van der Waals surface area contributed by atoms with Crippen molar-refractivity contribution in [1.82, 2.24) is 0 Å². The maximum absolute atomic E-state index is 13.0. The van der Waals surface area contributed by atoms with E-state index in [2.05, 4.69) is 0 Å². The highest BCUT2D eigenvalue weighted by molar-refractivity contribution is 6.09. The summed E-state index contributed by atoms with van der Waals surface area (Å²) in [6.45, 7) is 1.97. The van der Waals surface area contributed by atoms with Crippen molar-refractivity contribution in [2.75, 3.05) is 0 Å². The fraction of sp³-hybridized carbons (Fsp3) is 0.130. The number of carbonyl (C=O) groups is 2. The third-order valence-corrected chi connectivity index (χ3v) is 4.30. The monoisotopic (exact) mass is 362 g/mol. The summed E-state index contributed by atoms with van der Waals surface area (Å²) in [6, 6.07) is 21.5. The molecule has 0 aliphatic heterocycles. The molecule has 0 radical (unpaired) electrons. The van der Waals surface area contributed by atoms with Crippen molar-refractivity contribution in [1.29, 1.82) is 0 Å². The van der Waals surface area contributed by atoms with E-state index >= 15 is 0 Å². The van der Waals surface area contributed by atoms with Gasteiger partial charge in [0.1, 0.15) is 11.6 Å². The van der Waals surface area contributed by atoms with Gasteiger partial charge in [0.05, 0.1) is 6.42 Å². The summed E-state index contributed by atoms with van der Waals surface area (Å²) in [5, 5.41) is 0. The molecule has 0 unspecified atom stereocenters. The second-order valence-corrected chi connectivity index (χ2v) is 6.35. The minimum atomic E-state index is -0.390. The van der Waals surface area contributed by atoms with Crippen LogP contribution >= 0.6 is 0 Å². The Kier molecular flexibility index (Phi) is 5.77. The van der Waals surface area contributed by atoms with Gasteiger partial charge in [0, 0.05) is 11.1 Å². The van der Waals surface area contributed by atoms with E-state index in [1.54, 1.807) is 24.3 Å². The molecular weight excluding hydrogens is 343 g/mol. The molecule has 4 heteroatoms. The number of ketones is 1. The average Bonchev–Trinajstić information content (AvgIpc) is 2.69. The standard InChI is InChI=1S/C23H19FO3/c1-16(17-5-3-2-4-6-17)15-22(25)27-21-13-9-19(10-14-21)23(26)18-7-11-20(24)12-8-18/h2-14,16H,15H2,1H3/t16-/m1/s1. The van der Waals surface area contributed by atoms with E-state index in [-0.39, 0.29) is 24.1 Å². The molecular formula is C23H19FO3. The molecule has 0 aliphatic carbocycles. The highest BCUT2D eigenvalue weighted by Crippen LogP contribution is 2.21. The summed E-state index contributed by atoms with van der Waals surface area (Å²) in [7, 11) is 0. The minimum Gasteiger partial charge on any atom is -0.427 e. The normalized spacial score (nSPS) is 11.6. The molecule has 136 valence electrons. The summed E-state index contributed by atoms with van der Waals surface area (Å²) in [6.07, 6.45) is 0.264. The Bertz CT molecular complexity index is 916. The van der Waals surface area contributed by atoms with Crippen LogP contribution in [0.1, 0.15) is 40.7 Å². The Morgan fingerprint density at radius 2 is 1.41 bits per heavy atom. The first-order valence-electron chi connectivity index (χ1n) is 8.69. The number of halogens is 1. The zero-order valence-corrected chi connectivity index (χ0v) is 14.9. The van der Waals surface area contributed by atoms with Gasteiger partial charge in [0.2, 0.25) is 0 Å². The zero-order valence-electron chi connectivity index (χ0n) is 14.9. The van der Waals surface area contributed by atoms with Gasteiger partial charge in [0.15, 0.2) is 5.78 Å². The third kappa shape index (κ3) is 4.88. The molecule has 3 aromatic carbocycles. The number of hydrogen-bond donors (Lipinski definition) is 0. The molecule has 0 heterocycles. The Balaban J connectivity index is 1.61. The molecule has 0 spiro atoms. The van der Waals surface area contributed by atoms with Gasteiger partial charge in [-0.05, 0) is 60.0 Å². The summed E-state index contributed by atoms with van der Waals surface area (Å²) < 4.78 is 18.3. The lowest BCUT2D eigenvalue weighted by molar-refractivity contribution is -0.134. The van der Waals surface area contributed by atoms with Crippen molar-refractivity contribution in [3.63, 3.8) is 0 Å². The fourth-order valence-electron chi connectivity index (χ4n) is 2.76. The summed E-state index contributed by atoms with van der Waals surface area (Å²) >= 11 is 0. The van der Waals surface area contributed by atoms with E-state index in [0.717, 1.165) is 5.56 Å². The van der Waals surface area contributed by atoms with E-state index in [1.165, 1.54) is 24.3 Å². The lowest BCUT2D eigenvalue weighted by Crippen LogP contribution is -2.11. The van der Waals surface area contributed by atoms with E-state index < -0.39 is 5.82 Å². The van der Waals surface area contributed by atoms with Crippen molar-refractivity contribution in [3.05, 3.63) is 101 Å². The molecule has 0 fully saturated rings. The number of benzene rings is 3. The zero-order chi connectivity index (χ0) is 19.2. The Hall–Kier alpha value is -3.27. The molecule has 0 bridgehead atoms. The van der Waals surface area contributed by atoms with Gasteiger partial charge in [0.25, 0.3) is 0 Å². The van der Waals surface area contributed by atoms with Crippen molar-refractivity contribution >= 4 is 11.8 Å². The molecule has 0 saturated carbocycles. The van der Waals surface area contributed by atoms with Gasteiger partial charge in [-0.25, -0.2) is 4.39 Å². The molecule has 0 amide bonds. The molecule has 0 N–H and O–H groups in total. The number of esters is 1. The maximum Gasteiger partial charge on any atom is 0.311 e. The molecule has 27 heavy (non-hydrogen) atoms. The van der Waals surface area contributed by atoms with Crippen LogP contribution in [0.5, 0.6) is 5.75 Å². The number of carbonyl (C=O) groups excluding carboxylic acids is 2. The number of rotatable bonds is 6. The first-order valence-corrected chi connectivity index (χ1v) is 8.69. The summed E-state index contributed by atoms with van der Waals surface area (Å²) in [4.78, 5) is 24.5. The van der Waals surface area contributed by atoms with Crippen molar-refractivity contribution in [2.24, 2.45) is 0 Å². The SMILES string of the molecule is C[C@H](CC(=O)Oc1ccc(C(=O)c2ccc(F)cc2)cc1)c1ccccc1. The highest BCUT2D eigenvalue weighted by Gasteiger charge is 2.14.